The monoisotopic (exact) mass is 347 g/mol. The van der Waals surface area contributed by atoms with E-state index < -0.39 is 0 Å². The molecule has 0 radical (unpaired) electrons. The first kappa shape index (κ1) is 16.7. The van der Waals surface area contributed by atoms with Crippen LogP contribution >= 0.6 is 11.6 Å². The number of hydrogen-bond acceptors (Lipinski definition) is 4. The maximum atomic E-state index is 9.47. The standard InChI is InChI=1S/C20H14ClN3O/c21-18-6-7-20(25-14-15-4-3-8-23-13-15)16(11-18)10-17(12-22)19-5-1-2-9-24-19/h1-11,13H,14H2. The quantitative estimate of drug-likeness (QED) is 0.623. The second-order valence-electron chi connectivity index (χ2n) is 5.22. The number of nitriles is 1. The summed E-state index contributed by atoms with van der Waals surface area (Å²) in [5.41, 5.74) is 2.72. The number of aromatic nitrogens is 2. The lowest BCUT2D eigenvalue weighted by molar-refractivity contribution is 0.305. The van der Waals surface area contributed by atoms with Crippen molar-refractivity contribution in [1.29, 1.82) is 5.26 Å². The molecule has 4 nitrogen and oxygen atoms in total. The Morgan fingerprint density at radius 2 is 2.08 bits per heavy atom. The van der Waals surface area contributed by atoms with Gasteiger partial charge < -0.3 is 4.74 Å². The predicted molar refractivity (Wildman–Crippen MR) is 97.7 cm³/mol. The molecule has 3 aromatic rings. The molecule has 25 heavy (non-hydrogen) atoms. The molecule has 0 fully saturated rings. The van der Waals surface area contributed by atoms with Crippen molar-refractivity contribution in [2.45, 2.75) is 6.61 Å². The maximum absolute atomic E-state index is 9.47. The predicted octanol–water partition coefficient (Wildman–Crippen LogP) is 4.77. The summed E-state index contributed by atoms with van der Waals surface area (Å²) >= 11 is 6.11. The lowest BCUT2D eigenvalue weighted by atomic mass is 10.1. The number of pyridine rings is 2. The van der Waals surface area contributed by atoms with Crippen LogP contribution in [0.3, 0.4) is 0 Å². The Hall–Kier alpha value is -3.16. The number of rotatable bonds is 5. The molecule has 0 aliphatic heterocycles. The second kappa shape index (κ2) is 8.09. The molecule has 1 aromatic carbocycles. The Kier molecular flexibility index (Phi) is 5.40. The Morgan fingerprint density at radius 1 is 1.16 bits per heavy atom. The lowest BCUT2D eigenvalue weighted by Gasteiger charge is -2.10. The third-order valence-electron chi connectivity index (χ3n) is 3.45. The van der Waals surface area contributed by atoms with Crippen molar-refractivity contribution in [2.75, 3.05) is 0 Å². The summed E-state index contributed by atoms with van der Waals surface area (Å²) in [6, 6.07) is 16.7. The first-order valence-corrected chi connectivity index (χ1v) is 7.98. The van der Waals surface area contributed by atoms with Crippen LogP contribution in [0.25, 0.3) is 11.6 Å². The fraction of sp³-hybridized carbons (Fsp3) is 0.0500. The summed E-state index contributed by atoms with van der Waals surface area (Å²) in [4.78, 5) is 8.29. The Balaban J connectivity index is 1.91. The van der Waals surface area contributed by atoms with Crippen molar-refractivity contribution in [1.82, 2.24) is 9.97 Å². The maximum Gasteiger partial charge on any atom is 0.127 e. The summed E-state index contributed by atoms with van der Waals surface area (Å²) in [6.45, 7) is 0.377. The van der Waals surface area contributed by atoms with E-state index in [0.717, 1.165) is 11.1 Å². The zero-order valence-corrected chi connectivity index (χ0v) is 14.0. The SMILES string of the molecule is N#CC(=Cc1cc(Cl)ccc1OCc1cccnc1)c1ccccn1. The Bertz CT molecular complexity index is 919. The van der Waals surface area contributed by atoms with Crippen LogP contribution in [-0.2, 0) is 6.61 Å². The third kappa shape index (κ3) is 4.43. The molecule has 0 N–H and O–H groups in total. The highest BCUT2D eigenvalue weighted by atomic mass is 35.5. The van der Waals surface area contributed by atoms with Gasteiger partial charge in [0.1, 0.15) is 18.4 Å². The van der Waals surface area contributed by atoms with Crippen molar-refractivity contribution < 1.29 is 4.74 Å². The van der Waals surface area contributed by atoms with Crippen molar-refractivity contribution in [2.24, 2.45) is 0 Å². The van der Waals surface area contributed by atoms with Crippen LogP contribution in [0.4, 0.5) is 0 Å². The van der Waals surface area contributed by atoms with Gasteiger partial charge in [0, 0.05) is 34.7 Å². The van der Waals surface area contributed by atoms with E-state index in [0.29, 0.717) is 28.6 Å². The molecule has 0 atom stereocenters. The summed E-state index contributed by atoms with van der Waals surface area (Å²) in [5.74, 6) is 0.636. The largest absolute Gasteiger partial charge is 0.488 e. The molecular weight excluding hydrogens is 334 g/mol. The molecule has 0 aliphatic rings. The van der Waals surface area contributed by atoms with Gasteiger partial charge in [-0.25, -0.2) is 0 Å². The first-order valence-electron chi connectivity index (χ1n) is 7.61. The van der Waals surface area contributed by atoms with Crippen molar-refractivity contribution in [3.8, 4) is 11.8 Å². The number of benzene rings is 1. The molecule has 0 unspecified atom stereocenters. The lowest BCUT2D eigenvalue weighted by Crippen LogP contribution is -1.97. The van der Waals surface area contributed by atoms with E-state index in [1.54, 1.807) is 55.0 Å². The van der Waals surface area contributed by atoms with Crippen LogP contribution in [0.15, 0.2) is 67.1 Å². The van der Waals surface area contributed by atoms with Gasteiger partial charge in [0.25, 0.3) is 0 Å². The summed E-state index contributed by atoms with van der Waals surface area (Å²) in [6.07, 6.45) is 6.84. The second-order valence-corrected chi connectivity index (χ2v) is 5.65. The number of nitrogens with zero attached hydrogens (tertiary/aromatic N) is 3. The van der Waals surface area contributed by atoms with E-state index in [4.69, 9.17) is 16.3 Å². The molecule has 2 aromatic heterocycles. The smallest absolute Gasteiger partial charge is 0.127 e. The summed E-state index contributed by atoms with van der Waals surface area (Å²) in [5, 5.41) is 10.0. The average Bonchev–Trinajstić information content (AvgIpc) is 2.67. The van der Waals surface area contributed by atoms with E-state index in [1.807, 2.05) is 18.2 Å². The van der Waals surface area contributed by atoms with Gasteiger partial charge in [-0.15, -0.1) is 0 Å². The number of allylic oxidation sites excluding steroid dienone is 1. The summed E-state index contributed by atoms with van der Waals surface area (Å²) < 4.78 is 5.89. The molecule has 122 valence electrons. The zero-order chi connectivity index (χ0) is 17.5. The topological polar surface area (TPSA) is 58.8 Å². The van der Waals surface area contributed by atoms with Crippen LogP contribution in [0.1, 0.15) is 16.8 Å². The molecular formula is C20H14ClN3O. The molecule has 0 amide bonds. The van der Waals surface area contributed by atoms with Gasteiger partial charge in [0.05, 0.1) is 11.3 Å². The van der Waals surface area contributed by atoms with Gasteiger partial charge >= 0.3 is 0 Å². The highest BCUT2D eigenvalue weighted by molar-refractivity contribution is 6.30. The molecule has 0 saturated carbocycles. The fourth-order valence-corrected chi connectivity index (χ4v) is 2.43. The highest BCUT2D eigenvalue weighted by Gasteiger charge is 2.08. The van der Waals surface area contributed by atoms with Gasteiger partial charge in [-0.05, 0) is 42.5 Å². The molecule has 0 spiro atoms. The van der Waals surface area contributed by atoms with E-state index in [9.17, 15) is 5.26 Å². The van der Waals surface area contributed by atoms with Crippen molar-refractivity contribution in [3.63, 3.8) is 0 Å². The van der Waals surface area contributed by atoms with E-state index in [-0.39, 0.29) is 0 Å². The van der Waals surface area contributed by atoms with E-state index >= 15 is 0 Å². The van der Waals surface area contributed by atoms with Gasteiger partial charge in [0.15, 0.2) is 0 Å². The van der Waals surface area contributed by atoms with Gasteiger partial charge in [-0.1, -0.05) is 23.7 Å². The van der Waals surface area contributed by atoms with Crippen LogP contribution in [0.5, 0.6) is 5.75 Å². The Morgan fingerprint density at radius 3 is 2.80 bits per heavy atom. The van der Waals surface area contributed by atoms with Crippen LogP contribution in [-0.4, -0.2) is 9.97 Å². The molecule has 2 heterocycles. The normalized spacial score (nSPS) is 11.0. The minimum atomic E-state index is 0.377. The minimum absolute atomic E-state index is 0.377. The first-order chi connectivity index (χ1) is 12.3. The van der Waals surface area contributed by atoms with Crippen LogP contribution in [0.2, 0.25) is 5.02 Å². The molecule has 3 rings (SSSR count). The molecule has 5 heteroatoms. The summed E-state index contributed by atoms with van der Waals surface area (Å²) in [7, 11) is 0. The average molecular weight is 348 g/mol. The number of hydrogen-bond donors (Lipinski definition) is 0. The third-order valence-corrected chi connectivity index (χ3v) is 3.69. The minimum Gasteiger partial charge on any atom is -0.488 e. The Labute approximate surface area is 151 Å². The van der Waals surface area contributed by atoms with Crippen LogP contribution < -0.4 is 4.74 Å². The van der Waals surface area contributed by atoms with Crippen molar-refractivity contribution in [3.05, 3.63) is 89.0 Å². The van der Waals surface area contributed by atoms with Crippen molar-refractivity contribution >= 4 is 23.3 Å². The highest BCUT2D eigenvalue weighted by Crippen LogP contribution is 2.27. The van der Waals surface area contributed by atoms with Gasteiger partial charge in [0.2, 0.25) is 0 Å². The van der Waals surface area contributed by atoms with E-state index in [2.05, 4.69) is 16.0 Å². The molecule has 0 bridgehead atoms. The number of halogens is 1. The van der Waals surface area contributed by atoms with Gasteiger partial charge in [-0.3, -0.25) is 9.97 Å². The van der Waals surface area contributed by atoms with E-state index in [1.165, 1.54) is 0 Å². The van der Waals surface area contributed by atoms with Gasteiger partial charge in [-0.2, -0.15) is 5.26 Å². The molecule has 0 saturated heterocycles. The number of ether oxygens (including phenoxy) is 1. The van der Waals surface area contributed by atoms with Crippen LogP contribution in [0, 0.1) is 11.3 Å². The molecule has 0 aliphatic carbocycles. The fourth-order valence-electron chi connectivity index (χ4n) is 2.25. The zero-order valence-electron chi connectivity index (χ0n) is 13.3.